The van der Waals surface area contributed by atoms with Crippen LogP contribution in [0.15, 0.2) is 49.4 Å². The maximum absolute atomic E-state index is 4.64. The van der Waals surface area contributed by atoms with Gasteiger partial charge < -0.3 is 0 Å². The molecule has 0 N–H and O–H groups in total. The Hall–Kier alpha value is -0.820. The molecule has 2 aliphatic rings. The van der Waals surface area contributed by atoms with E-state index in [1.807, 2.05) is 71.6 Å². The summed E-state index contributed by atoms with van der Waals surface area (Å²) >= 11 is 7.99. The van der Waals surface area contributed by atoms with Crippen LogP contribution >= 0.6 is 47.0 Å². The Kier molecular flexibility index (Phi) is 7.15. The zero-order valence-corrected chi connectivity index (χ0v) is 19.5. The Morgan fingerprint density at radius 2 is 1.29 bits per heavy atom. The van der Waals surface area contributed by atoms with E-state index in [9.17, 15) is 0 Å². The number of unbranched alkanes of at least 4 members (excludes halogenated alkanes) is 2. The minimum atomic E-state index is 1.02. The third-order valence-electron chi connectivity index (χ3n) is 4.58. The van der Waals surface area contributed by atoms with E-state index in [1.54, 1.807) is 0 Å². The zero-order valence-electron chi connectivity index (χ0n) is 16.2. The smallest absolute Gasteiger partial charge is 0.0971 e. The lowest BCUT2D eigenvalue weighted by Crippen LogP contribution is -1.84. The first kappa shape index (κ1) is 20.5. The molecule has 28 heavy (non-hydrogen) atoms. The van der Waals surface area contributed by atoms with E-state index in [1.165, 1.54) is 66.6 Å². The maximum atomic E-state index is 4.64. The molecule has 0 bridgehead atoms. The normalized spacial score (nSPS) is 15.4. The topological polar surface area (TPSA) is 25.8 Å². The lowest BCUT2D eigenvalue weighted by Gasteiger charge is -2.06. The Balaban J connectivity index is 1.68. The van der Waals surface area contributed by atoms with Crippen LogP contribution in [-0.2, 0) is 0 Å². The fraction of sp³-hybridized carbons (Fsp3) is 0.364. The molecule has 0 saturated carbocycles. The number of fused-ring (bicyclic) bond motifs is 3. The van der Waals surface area contributed by atoms with E-state index in [2.05, 4.69) is 35.9 Å². The monoisotopic (exact) mass is 444 g/mol. The van der Waals surface area contributed by atoms with E-state index >= 15 is 0 Å². The summed E-state index contributed by atoms with van der Waals surface area (Å²) in [7, 11) is 0. The van der Waals surface area contributed by atoms with Crippen LogP contribution in [0.4, 0.5) is 0 Å². The Labute approximate surface area is 184 Å². The first-order valence-electron chi connectivity index (χ1n) is 9.84. The first-order chi connectivity index (χ1) is 13.8. The van der Waals surface area contributed by atoms with Crippen LogP contribution < -0.4 is 0 Å². The van der Waals surface area contributed by atoms with Gasteiger partial charge in [-0.05, 0) is 36.5 Å². The summed E-state index contributed by atoms with van der Waals surface area (Å²) in [5, 5.41) is 0. The van der Waals surface area contributed by atoms with Gasteiger partial charge in [-0.2, -0.15) is 0 Å². The lowest BCUT2D eigenvalue weighted by atomic mass is 10.1. The number of aromatic nitrogens is 2. The Morgan fingerprint density at radius 3 is 1.75 bits per heavy atom. The molecular formula is C22H24N2S4. The van der Waals surface area contributed by atoms with Gasteiger partial charge in [-0.25, -0.2) is 0 Å². The van der Waals surface area contributed by atoms with Crippen LogP contribution in [-0.4, -0.2) is 21.5 Å². The van der Waals surface area contributed by atoms with E-state index in [0.29, 0.717) is 0 Å². The van der Waals surface area contributed by atoms with Crippen molar-refractivity contribution in [1.29, 1.82) is 0 Å². The third kappa shape index (κ3) is 4.20. The van der Waals surface area contributed by atoms with Crippen molar-refractivity contribution < 1.29 is 0 Å². The second-order valence-electron chi connectivity index (χ2n) is 6.64. The quantitative estimate of drug-likeness (QED) is 0.328. The highest BCUT2D eigenvalue weighted by Gasteiger charge is 2.32. The average molecular weight is 445 g/mol. The van der Waals surface area contributed by atoms with Gasteiger partial charge in [0, 0.05) is 29.1 Å². The van der Waals surface area contributed by atoms with E-state index < -0.39 is 0 Å². The molecule has 0 atom stereocenters. The third-order valence-corrected chi connectivity index (χ3v) is 10.3. The van der Waals surface area contributed by atoms with Crippen LogP contribution in [0, 0.1) is 0 Å². The number of pyridine rings is 2. The largest absolute Gasteiger partial charge is 0.254 e. The number of rotatable bonds is 8. The highest BCUT2D eigenvalue weighted by Crippen LogP contribution is 2.61. The summed E-state index contributed by atoms with van der Waals surface area (Å²) in [4.78, 5) is 9.28. The van der Waals surface area contributed by atoms with Crippen molar-refractivity contribution in [3.63, 3.8) is 0 Å². The molecule has 4 rings (SSSR count). The number of thioether (sulfide) groups is 4. The van der Waals surface area contributed by atoms with Crippen molar-refractivity contribution in [3.05, 3.63) is 60.5 Å². The molecule has 0 fully saturated rings. The summed E-state index contributed by atoms with van der Waals surface area (Å²) in [5.41, 5.74) is 5.82. The van der Waals surface area contributed by atoms with Crippen molar-refractivity contribution in [1.82, 2.24) is 9.97 Å². The molecule has 6 heteroatoms. The molecule has 1 aliphatic carbocycles. The van der Waals surface area contributed by atoms with E-state index in [4.69, 9.17) is 0 Å². The summed E-state index contributed by atoms with van der Waals surface area (Å²) in [6.45, 7) is 4.53. The summed E-state index contributed by atoms with van der Waals surface area (Å²) in [6.07, 6.45) is 8.80. The highest BCUT2D eigenvalue weighted by atomic mass is 32.3. The van der Waals surface area contributed by atoms with Gasteiger partial charge in [0.15, 0.2) is 0 Å². The summed E-state index contributed by atoms with van der Waals surface area (Å²) < 4.78 is 4.37. The molecule has 0 aromatic carbocycles. The first-order valence-corrected chi connectivity index (χ1v) is 13.4. The summed E-state index contributed by atoms with van der Waals surface area (Å²) in [6, 6.07) is 8.47. The molecule has 2 aromatic rings. The molecular weight excluding hydrogens is 421 g/mol. The van der Waals surface area contributed by atoms with Crippen molar-refractivity contribution >= 4 is 52.6 Å². The van der Waals surface area contributed by atoms with Crippen LogP contribution in [0.25, 0.3) is 17.0 Å². The van der Waals surface area contributed by atoms with Crippen LogP contribution in [0.3, 0.4) is 0 Å². The minimum absolute atomic E-state index is 1.02. The maximum Gasteiger partial charge on any atom is 0.0971 e. The van der Waals surface area contributed by atoms with Crippen molar-refractivity contribution in [2.45, 2.75) is 39.5 Å². The van der Waals surface area contributed by atoms with Gasteiger partial charge in [0.25, 0.3) is 0 Å². The molecule has 0 amide bonds. The van der Waals surface area contributed by atoms with Gasteiger partial charge in [-0.15, -0.1) is 23.5 Å². The number of nitrogens with zero attached hydrogens (tertiary/aromatic N) is 2. The molecule has 1 aliphatic heterocycles. The van der Waals surface area contributed by atoms with Crippen molar-refractivity contribution in [2.24, 2.45) is 0 Å². The van der Waals surface area contributed by atoms with Gasteiger partial charge in [0.1, 0.15) is 0 Å². The fourth-order valence-electron chi connectivity index (χ4n) is 3.13. The number of hydrogen-bond donors (Lipinski definition) is 0. The van der Waals surface area contributed by atoms with Gasteiger partial charge in [0.2, 0.25) is 0 Å². The second kappa shape index (κ2) is 9.79. The predicted octanol–water partition coefficient (Wildman–Crippen LogP) is 7.85. The van der Waals surface area contributed by atoms with Gasteiger partial charge in [-0.1, -0.05) is 62.3 Å². The Bertz CT molecular complexity index is 849. The fourth-order valence-corrected chi connectivity index (χ4v) is 9.41. The molecule has 3 heterocycles. The molecule has 0 radical (unpaired) electrons. The zero-order chi connectivity index (χ0) is 19.3. The molecule has 2 nitrogen and oxygen atoms in total. The lowest BCUT2D eigenvalue weighted by molar-refractivity contribution is 0.897. The molecule has 146 valence electrons. The SMILES string of the molecule is CCCCSC1=C(SCCCC)SC(=C2c3cccnc3-c3ncccc32)S1. The van der Waals surface area contributed by atoms with Gasteiger partial charge >= 0.3 is 0 Å². The van der Waals surface area contributed by atoms with Crippen molar-refractivity contribution in [3.8, 4) is 11.4 Å². The standard InChI is InChI=1S/C22H24N2S4/c1-3-5-13-25-21-22(26-14-6-4-2)28-20(27-21)17-15-9-7-11-23-18(15)19-16(17)10-8-12-24-19/h7-12H,3-6,13-14H2,1-2H3. The highest BCUT2D eigenvalue weighted by molar-refractivity contribution is 8.40. The Morgan fingerprint density at radius 1 is 0.786 bits per heavy atom. The molecule has 0 saturated heterocycles. The molecule has 0 unspecified atom stereocenters. The minimum Gasteiger partial charge on any atom is -0.254 e. The summed E-state index contributed by atoms with van der Waals surface area (Å²) in [5.74, 6) is 2.41. The van der Waals surface area contributed by atoms with E-state index in [-0.39, 0.29) is 0 Å². The molecule has 0 spiro atoms. The average Bonchev–Trinajstić information content (AvgIpc) is 3.27. The van der Waals surface area contributed by atoms with Crippen molar-refractivity contribution in [2.75, 3.05) is 11.5 Å². The van der Waals surface area contributed by atoms with Gasteiger partial charge in [0.05, 0.1) is 24.1 Å². The number of hydrogen-bond acceptors (Lipinski definition) is 6. The molecule has 2 aromatic heterocycles. The van der Waals surface area contributed by atoms with Gasteiger partial charge in [-0.3, -0.25) is 9.97 Å². The van der Waals surface area contributed by atoms with Crippen LogP contribution in [0.2, 0.25) is 0 Å². The van der Waals surface area contributed by atoms with Crippen LogP contribution in [0.1, 0.15) is 50.7 Å². The van der Waals surface area contributed by atoms with Crippen LogP contribution in [0.5, 0.6) is 0 Å². The second-order valence-corrected chi connectivity index (χ2v) is 11.7. The predicted molar refractivity (Wildman–Crippen MR) is 130 cm³/mol. The van der Waals surface area contributed by atoms with E-state index in [0.717, 1.165) is 11.4 Å².